The lowest BCUT2D eigenvalue weighted by molar-refractivity contribution is 0.397. The van der Waals surface area contributed by atoms with Gasteiger partial charge in [0.25, 0.3) is 0 Å². The molecule has 2 rings (SSSR count). The Labute approximate surface area is 118 Å². The molecule has 0 radical (unpaired) electrons. The molecular formula is C14H19N5O. The van der Waals surface area contributed by atoms with Gasteiger partial charge in [0.05, 0.1) is 7.11 Å². The van der Waals surface area contributed by atoms with Crippen molar-refractivity contribution in [3.63, 3.8) is 0 Å². The average molecular weight is 273 g/mol. The van der Waals surface area contributed by atoms with Crippen LogP contribution in [0.25, 0.3) is 0 Å². The quantitative estimate of drug-likeness (QED) is 0.841. The van der Waals surface area contributed by atoms with Crippen molar-refractivity contribution in [3.05, 3.63) is 35.8 Å². The van der Waals surface area contributed by atoms with Gasteiger partial charge in [0.15, 0.2) is 0 Å². The Kier molecular flexibility index (Phi) is 4.70. The maximum Gasteiger partial charge on any atom is 0.212 e. The Hall–Kier alpha value is -2.37. The summed E-state index contributed by atoms with van der Waals surface area (Å²) in [5.41, 5.74) is 2.07. The lowest BCUT2D eigenvalue weighted by Gasteiger charge is -2.12. The van der Waals surface area contributed by atoms with Gasteiger partial charge in [0, 0.05) is 30.9 Å². The van der Waals surface area contributed by atoms with E-state index in [0.29, 0.717) is 12.4 Å². The van der Waals surface area contributed by atoms with E-state index in [0.717, 1.165) is 29.3 Å². The molecule has 0 spiro atoms. The SMILES string of the molecule is CCNc1ncnc(NCc2ccc(OC)nc2)c1C. The molecule has 0 atom stereocenters. The molecule has 0 amide bonds. The number of hydrogen-bond acceptors (Lipinski definition) is 6. The molecule has 20 heavy (non-hydrogen) atoms. The Balaban J connectivity index is 2.04. The first-order valence-electron chi connectivity index (χ1n) is 6.52. The first-order chi connectivity index (χ1) is 9.74. The Bertz CT molecular complexity index is 556. The van der Waals surface area contributed by atoms with Crippen LogP contribution in [-0.2, 0) is 6.54 Å². The summed E-state index contributed by atoms with van der Waals surface area (Å²) in [7, 11) is 1.60. The number of nitrogens with one attached hydrogen (secondary N) is 2. The van der Waals surface area contributed by atoms with E-state index >= 15 is 0 Å². The number of ether oxygens (including phenoxy) is 1. The zero-order chi connectivity index (χ0) is 14.4. The van der Waals surface area contributed by atoms with Crippen molar-refractivity contribution >= 4 is 11.6 Å². The first kappa shape index (κ1) is 14.0. The molecule has 0 aliphatic carbocycles. The van der Waals surface area contributed by atoms with Crippen LogP contribution in [0.2, 0.25) is 0 Å². The standard InChI is InChI=1S/C14H19N5O/c1-4-15-13-10(2)14(19-9-18-13)17-8-11-5-6-12(20-3)16-7-11/h5-7,9H,4,8H2,1-3H3,(H2,15,17,18,19). The van der Waals surface area contributed by atoms with Crippen LogP contribution in [0.15, 0.2) is 24.7 Å². The number of methoxy groups -OCH3 is 1. The molecule has 2 aromatic heterocycles. The second kappa shape index (κ2) is 6.70. The van der Waals surface area contributed by atoms with E-state index in [-0.39, 0.29) is 0 Å². The number of hydrogen-bond donors (Lipinski definition) is 2. The molecule has 0 aromatic carbocycles. The fraction of sp³-hybridized carbons (Fsp3) is 0.357. The Morgan fingerprint density at radius 1 is 1.10 bits per heavy atom. The average Bonchev–Trinajstić information content (AvgIpc) is 2.49. The third-order valence-electron chi connectivity index (χ3n) is 2.89. The molecular weight excluding hydrogens is 254 g/mol. The predicted octanol–water partition coefficient (Wildman–Crippen LogP) is 2.23. The third-order valence-corrected chi connectivity index (χ3v) is 2.89. The van der Waals surface area contributed by atoms with E-state index < -0.39 is 0 Å². The summed E-state index contributed by atoms with van der Waals surface area (Å²) in [6.07, 6.45) is 3.34. The van der Waals surface area contributed by atoms with E-state index in [2.05, 4.69) is 25.6 Å². The third kappa shape index (κ3) is 3.34. The smallest absolute Gasteiger partial charge is 0.212 e. The molecule has 6 nitrogen and oxygen atoms in total. The molecule has 106 valence electrons. The normalized spacial score (nSPS) is 10.2. The minimum Gasteiger partial charge on any atom is -0.481 e. The second-order valence-corrected chi connectivity index (χ2v) is 4.29. The lowest BCUT2D eigenvalue weighted by atomic mass is 10.2. The minimum atomic E-state index is 0.612. The summed E-state index contributed by atoms with van der Waals surface area (Å²) >= 11 is 0. The van der Waals surface area contributed by atoms with E-state index in [1.807, 2.05) is 26.0 Å². The zero-order valence-corrected chi connectivity index (χ0v) is 12.0. The van der Waals surface area contributed by atoms with Crippen molar-refractivity contribution in [2.75, 3.05) is 24.3 Å². The van der Waals surface area contributed by atoms with Gasteiger partial charge in [-0.05, 0) is 19.4 Å². The summed E-state index contributed by atoms with van der Waals surface area (Å²) in [5, 5.41) is 6.50. The monoisotopic (exact) mass is 273 g/mol. The van der Waals surface area contributed by atoms with Crippen LogP contribution in [0.3, 0.4) is 0 Å². The topological polar surface area (TPSA) is 72.0 Å². The van der Waals surface area contributed by atoms with E-state index in [1.54, 1.807) is 19.6 Å². The molecule has 2 heterocycles. The molecule has 0 saturated heterocycles. The summed E-state index contributed by atoms with van der Waals surface area (Å²) in [6.45, 7) is 5.52. The van der Waals surface area contributed by atoms with Gasteiger partial charge in [-0.2, -0.15) is 0 Å². The molecule has 2 aromatic rings. The largest absolute Gasteiger partial charge is 0.481 e. The molecule has 0 saturated carbocycles. The molecule has 2 N–H and O–H groups in total. The van der Waals surface area contributed by atoms with Gasteiger partial charge >= 0.3 is 0 Å². The molecule has 0 aliphatic rings. The van der Waals surface area contributed by atoms with Crippen molar-refractivity contribution in [3.8, 4) is 5.88 Å². The predicted molar refractivity (Wildman–Crippen MR) is 79.0 cm³/mol. The van der Waals surface area contributed by atoms with Crippen LogP contribution in [0.4, 0.5) is 11.6 Å². The van der Waals surface area contributed by atoms with Gasteiger partial charge in [0.1, 0.15) is 18.0 Å². The maximum atomic E-state index is 5.03. The number of pyridine rings is 1. The van der Waals surface area contributed by atoms with Crippen molar-refractivity contribution < 1.29 is 4.74 Å². The van der Waals surface area contributed by atoms with Gasteiger partial charge in [0.2, 0.25) is 5.88 Å². The summed E-state index contributed by atoms with van der Waals surface area (Å²) in [4.78, 5) is 12.6. The van der Waals surface area contributed by atoms with Gasteiger partial charge in [-0.1, -0.05) is 6.07 Å². The van der Waals surface area contributed by atoms with Gasteiger partial charge in [-0.15, -0.1) is 0 Å². The van der Waals surface area contributed by atoms with Crippen molar-refractivity contribution in [2.45, 2.75) is 20.4 Å². The maximum absolute atomic E-state index is 5.03. The van der Waals surface area contributed by atoms with Crippen LogP contribution in [-0.4, -0.2) is 28.6 Å². The fourth-order valence-corrected chi connectivity index (χ4v) is 1.80. The van der Waals surface area contributed by atoms with Crippen LogP contribution in [0.1, 0.15) is 18.1 Å². The molecule has 6 heteroatoms. The number of nitrogens with zero attached hydrogens (tertiary/aromatic N) is 3. The number of rotatable bonds is 6. The molecule has 0 fully saturated rings. The van der Waals surface area contributed by atoms with E-state index in [4.69, 9.17) is 4.74 Å². The van der Waals surface area contributed by atoms with Crippen LogP contribution < -0.4 is 15.4 Å². The molecule has 0 bridgehead atoms. The van der Waals surface area contributed by atoms with E-state index in [9.17, 15) is 0 Å². The number of anilines is 2. The van der Waals surface area contributed by atoms with Crippen LogP contribution in [0.5, 0.6) is 5.88 Å². The van der Waals surface area contributed by atoms with Crippen molar-refractivity contribution in [1.82, 2.24) is 15.0 Å². The van der Waals surface area contributed by atoms with Gasteiger partial charge < -0.3 is 15.4 Å². The fourth-order valence-electron chi connectivity index (χ4n) is 1.80. The lowest BCUT2D eigenvalue weighted by Crippen LogP contribution is -2.08. The van der Waals surface area contributed by atoms with Crippen molar-refractivity contribution in [2.24, 2.45) is 0 Å². The van der Waals surface area contributed by atoms with Gasteiger partial charge in [-0.25, -0.2) is 15.0 Å². The summed E-state index contributed by atoms with van der Waals surface area (Å²) in [6, 6.07) is 3.81. The Morgan fingerprint density at radius 3 is 2.45 bits per heavy atom. The highest BCUT2D eigenvalue weighted by molar-refractivity contribution is 5.56. The summed E-state index contributed by atoms with van der Waals surface area (Å²) in [5.74, 6) is 2.30. The first-order valence-corrected chi connectivity index (χ1v) is 6.52. The van der Waals surface area contributed by atoms with Crippen LogP contribution >= 0.6 is 0 Å². The number of aromatic nitrogens is 3. The van der Waals surface area contributed by atoms with E-state index in [1.165, 1.54) is 0 Å². The zero-order valence-electron chi connectivity index (χ0n) is 12.0. The highest BCUT2D eigenvalue weighted by Gasteiger charge is 2.06. The highest BCUT2D eigenvalue weighted by atomic mass is 16.5. The highest BCUT2D eigenvalue weighted by Crippen LogP contribution is 2.18. The molecule has 0 aliphatic heterocycles. The summed E-state index contributed by atoms with van der Waals surface area (Å²) < 4.78 is 5.03. The van der Waals surface area contributed by atoms with Crippen molar-refractivity contribution in [1.29, 1.82) is 0 Å². The second-order valence-electron chi connectivity index (χ2n) is 4.29. The van der Waals surface area contributed by atoms with Crippen LogP contribution in [0, 0.1) is 6.92 Å². The molecule has 0 unspecified atom stereocenters. The minimum absolute atomic E-state index is 0.612. The van der Waals surface area contributed by atoms with Gasteiger partial charge in [-0.3, -0.25) is 0 Å². The Morgan fingerprint density at radius 2 is 1.85 bits per heavy atom.